The Morgan fingerprint density at radius 2 is 1.92 bits per heavy atom. The van der Waals surface area contributed by atoms with Crippen LogP contribution in [0.15, 0.2) is 52.0 Å². The molecule has 25 heavy (non-hydrogen) atoms. The van der Waals surface area contributed by atoms with Crippen LogP contribution in [0.2, 0.25) is 0 Å². The standard InChI is InChI=1S/C19H17BrN2O3/c1-12-4-3-5-13(2)18(12)25-17(23)8-9-22-11-21-16-7-6-14(20)10-15(16)19(22)24/h3-7,10-11H,8-9H2,1-2H3. The van der Waals surface area contributed by atoms with E-state index in [-0.39, 0.29) is 24.5 Å². The predicted molar refractivity (Wildman–Crippen MR) is 99.9 cm³/mol. The average Bonchev–Trinajstić information content (AvgIpc) is 2.58. The molecule has 0 atom stereocenters. The molecule has 0 aliphatic heterocycles. The first-order chi connectivity index (χ1) is 12.0. The van der Waals surface area contributed by atoms with E-state index in [1.165, 1.54) is 10.9 Å². The quantitative estimate of drug-likeness (QED) is 0.493. The Morgan fingerprint density at radius 1 is 1.20 bits per heavy atom. The number of esters is 1. The summed E-state index contributed by atoms with van der Waals surface area (Å²) < 4.78 is 7.70. The molecule has 5 nitrogen and oxygen atoms in total. The average molecular weight is 401 g/mol. The number of halogens is 1. The molecule has 0 N–H and O–H groups in total. The monoisotopic (exact) mass is 400 g/mol. The van der Waals surface area contributed by atoms with E-state index in [4.69, 9.17) is 4.74 Å². The highest BCUT2D eigenvalue weighted by atomic mass is 79.9. The number of carbonyl (C=O) groups excluding carboxylic acids is 1. The summed E-state index contributed by atoms with van der Waals surface area (Å²) in [6.45, 7) is 4.01. The molecule has 2 aromatic carbocycles. The number of para-hydroxylation sites is 1. The molecule has 0 radical (unpaired) electrons. The Hall–Kier alpha value is -2.47. The van der Waals surface area contributed by atoms with Crippen molar-refractivity contribution in [1.82, 2.24) is 9.55 Å². The van der Waals surface area contributed by atoms with Crippen LogP contribution in [0, 0.1) is 13.8 Å². The molecular formula is C19H17BrN2O3. The number of carbonyl (C=O) groups is 1. The Labute approximate surface area is 153 Å². The second kappa shape index (κ2) is 7.19. The molecule has 1 heterocycles. The second-order valence-electron chi connectivity index (χ2n) is 5.85. The van der Waals surface area contributed by atoms with Crippen LogP contribution in [-0.2, 0) is 11.3 Å². The van der Waals surface area contributed by atoms with Gasteiger partial charge in [-0.15, -0.1) is 0 Å². The van der Waals surface area contributed by atoms with Crippen LogP contribution in [0.5, 0.6) is 5.75 Å². The van der Waals surface area contributed by atoms with Crippen LogP contribution < -0.4 is 10.3 Å². The van der Waals surface area contributed by atoms with Gasteiger partial charge in [0.1, 0.15) is 5.75 Å². The molecule has 6 heteroatoms. The van der Waals surface area contributed by atoms with Crippen LogP contribution in [0.25, 0.3) is 10.9 Å². The Kier molecular flexibility index (Phi) is 4.99. The molecule has 0 saturated heterocycles. The number of ether oxygens (including phenoxy) is 1. The highest BCUT2D eigenvalue weighted by molar-refractivity contribution is 9.10. The lowest BCUT2D eigenvalue weighted by Gasteiger charge is -2.11. The van der Waals surface area contributed by atoms with E-state index >= 15 is 0 Å². The van der Waals surface area contributed by atoms with Gasteiger partial charge in [-0.05, 0) is 43.2 Å². The Balaban J connectivity index is 1.75. The van der Waals surface area contributed by atoms with Crippen molar-refractivity contribution in [1.29, 1.82) is 0 Å². The number of hydrogen-bond acceptors (Lipinski definition) is 4. The molecular weight excluding hydrogens is 384 g/mol. The van der Waals surface area contributed by atoms with Gasteiger partial charge in [0, 0.05) is 11.0 Å². The highest BCUT2D eigenvalue weighted by Crippen LogP contribution is 2.22. The number of nitrogens with zero attached hydrogens (tertiary/aromatic N) is 2. The van der Waals surface area contributed by atoms with Gasteiger partial charge in [-0.25, -0.2) is 4.98 Å². The van der Waals surface area contributed by atoms with Gasteiger partial charge >= 0.3 is 5.97 Å². The maximum absolute atomic E-state index is 12.5. The van der Waals surface area contributed by atoms with E-state index in [1.807, 2.05) is 38.1 Å². The van der Waals surface area contributed by atoms with Crippen LogP contribution >= 0.6 is 15.9 Å². The molecule has 0 amide bonds. The normalized spacial score (nSPS) is 10.8. The zero-order valence-corrected chi connectivity index (χ0v) is 15.5. The molecule has 0 aliphatic rings. The number of hydrogen-bond donors (Lipinski definition) is 0. The predicted octanol–water partition coefficient (Wildman–Crippen LogP) is 3.77. The van der Waals surface area contributed by atoms with Gasteiger partial charge in [0.15, 0.2) is 0 Å². The summed E-state index contributed by atoms with van der Waals surface area (Å²) in [6.07, 6.45) is 1.56. The molecule has 0 spiro atoms. The first kappa shape index (κ1) is 17.4. The van der Waals surface area contributed by atoms with Gasteiger partial charge < -0.3 is 4.74 Å². The van der Waals surface area contributed by atoms with Gasteiger partial charge in [-0.3, -0.25) is 14.2 Å². The van der Waals surface area contributed by atoms with Gasteiger partial charge in [-0.2, -0.15) is 0 Å². The van der Waals surface area contributed by atoms with Crippen molar-refractivity contribution in [3.63, 3.8) is 0 Å². The zero-order chi connectivity index (χ0) is 18.0. The topological polar surface area (TPSA) is 61.2 Å². The lowest BCUT2D eigenvalue weighted by atomic mass is 10.1. The van der Waals surface area contributed by atoms with E-state index in [2.05, 4.69) is 20.9 Å². The van der Waals surface area contributed by atoms with Crippen LogP contribution in [0.1, 0.15) is 17.5 Å². The van der Waals surface area contributed by atoms with Crippen molar-refractivity contribution in [3.8, 4) is 5.75 Å². The molecule has 0 saturated carbocycles. The molecule has 0 aliphatic carbocycles. The molecule has 0 unspecified atom stereocenters. The number of aromatic nitrogens is 2. The molecule has 3 aromatic rings. The molecule has 1 aromatic heterocycles. The van der Waals surface area contributed by atoms with Gasteiger partial charge in [0.05, 0.1) is 23.7 Å². The van der Waals surface area contributed by atoms with E-state index in [1.54, 1.807) is 12.1 Å². The molecule has 3 rings (SSSR count). The maximum Gasteiger partial charge on any atom is 0.313 e. The third-order valence-corrected chi connectivity index (χ3v) is 4.46. The fourth-order valence-electron chi connectivity index (χ4n) is 2.63. The van der Waals surface area contributed by atoms with Gasteiger partial charge in [0.2, 0.25) is 0 Å². The maximum atomic E-state index is 12.5. The third-order valence-electron chi connectivity index (χ3n) is 3.97. The highest BCUT2D eigenvalue weighted by Gasteiger charge is 2.11. The van der Waals surface area contributed by atoms with Crippen molar-refractivity contribution < 1.29 is 9.53 Å². The molecule has 0 bridgehead atoms. The summed E-state index contributed by atoms with van der Waals surface area (Å²) in [5.74, 6) is 0.207. The minimum atomic E-state index is -0.376. The van der Waals surface area contributed by atoms with Crippen LogP contribution in [-0.4, -0.2) is 15.5 Å². The summed E-state index contributed by atoms with van der Waals surface area (Å²) in [5.41, 5.74) is 2.26. The summed E-state index contributed by atoms with van der Waals surface area (Å²) in [4.78, 5) is 28.9. The molecule has 0 fully saturated rings. The van der Waals surface area contributed by atoms with Crippen molar-refractivity contribution in [2.75, 3.05) is 0 Å². The number of benzene rings is 2. The van der Waals surface area contributed by atoms with E-state index in [9.17, 15) is 9.59 Å². The van der Waals surface area contributed by atoms with E-state index in [0.29, 0.717) is 16.7 Å². The lowest BCUT2D eigenvalue weighted by Crippen LogP contribution is -2.23. The fourth-order valence-corrected chi connectivity index (χ4v) is 2.99. The van der Waals surface area contributed by atoms with E-state index in [0.717, 1.165) is 15.6 Å². The first-order valence-electron chi connectivity index (χ1n) is 7.87. The van der Waals surface area contributed by atoms with Crippen LogP contribution in [0.3, 0.4) is 0 Å². The first-order valence-corrected chi connectivity index (χ1v) is 8.66. The molecule has 128 valence electrons. The SMILES string of the molecule is Cc1cccc(C)c1OC(=O)CCn1cnc2ccc(Br)cc2c1=O. The van der Waals surface area contributed by atoms with Crippen molar-refractivity contribution in [3.05, 3.63) is 68.7 Å². The smallest absolute Gasteiger partial charge is 0.313 e. The summed E-state index contributed by atoms with van der Waals surface area (Å²) in [5, 5.41) is 0.514. The zero-order valence-electron chi connectivity index (χ0n) is 14.0. The Morgan fingerprint density at radius 3 is 2.64 bits per heavy atom. The summed E-state index contributed by atoms with van der Waals surface area (Å²) in [7, 11) is 0. The van der Waals surface area contributed by atoms with Gasteiger partial charge in [0.25, 0.3) is 5.56 Å². The minimum absolute atomic E-state index is 0.0921. The minimum Gasteiger partial charge on any atom is -0.426 e. The fraction of sp³-hybridized carbons (Fsp3) is 0.211. The van der Waals surface area contributed by atoms with E-state index < -0.39 is 0 Å². The van der Waals surface area contributed by atoms with Crippen molar-refractivity contribution in [2.24, 2.45) is 0 Å². The number of fused-ring (bicyclic) bond motifs is 1. The van der Waals surface area contributed by atoms with Crippen molar-refractivity contribution in [2.45, 2.75) is 26.8 Å². The van der Waals surface area contributed by atoms with Crippen molar-refractivity contribution >= 4 is 32.8 Å². The number of rotatable bonds is 4. The second-order valence-corrected chi connectivity index (χ2v) is 6.77. The van der Waals surface area contributed by atoms with Crippen LogP contribution in [0.4, 0.5) is 0 Å². The Bertz CT molecular complexity index is 991. The summed E-state index contributed by atoms with van der Waals surface area (Å²) >= 11 is 3.35. The van der Waals surface area contributed by atoms with Gasteiger partial charge in [-0.1, -0.05) is 34.1 Å². The largest absolute Gasteiger partial charge is 0.426 e. The summed E-state index contributed by atoms with van der Waals surface area (Å²) in [6, 6.07) is 11.1. The number of aryl methyl sites for hydroxylation is 3. The third kappa shape index (κ3) is 3.79. The lowest BCUT2D eigenvalue weighted by molar-refractivity contribution is -0.134.